The molecule has 4 aromatic carbocycles. The highest BCUT2D eigenvalue weighted by Crippen LogP contribution is 2.24. The normalized spacial score (nSPS) is 10.7. The molecule has 0 fully saturated rings. The Balaban J connectivity index is 1.32. The number of rotatable bonds is 7. The fourth-order valence-corrected chi connectivity index (χ4v) is 4.23. The summed E-state index contributed by atoms with van der Waals surface area (Å²) in [5.74, 6) is -1.50. The number of carboxylic acids is 1. The summed E-state index contributed by atoms with van der Waals surface area (Å²) in [6.45, 7) is 0. The van der Waals surface area contributed by atoms with Crippen LogP contribution in [0.25, 0.3) is 21.9 Å². The summed E-state index contributed by atoms with van der Waals surface area (Å²) < 4.78 is 0. The summed E-state index contributed by atoms with van der Waals surface area (Å²) in [6.07, 6.45) is 1.27. The molecule has 6 nitrogen and oxygen atoms in total. The number of aromatic nitrogens is 1. The first-order valence-electron chi connectivity index (χ1n) is 11.7. The van der Waals surface area contributed by atoms with Crippen molar-refractivity contribution in [3.63, 3.8) is 0 Å². The maximum absolute atomic E-state index is 13.2. The van der Waals surface area contributed by atoms with Crippen LogP contribution in [0.1, 0.15) is 32.0 Å². The minimum absolute atomic E-state index is 0.175. The average molecular weight is 487 g/mol. The average Bonchev–Trinajstić information content (AvgIpc) is 2.93. The van der Waals surface area contributed by atoms with Gasteiger partial charge in [0.05, 0.1) is 6.42 Å². The Bertz CT molecular complexity index is 1610. The lowest BCUT2D eigenvalue weighted by atomic mass is 9.98. The zero-order valence-corrected chi connectivity index (χ0v) is 19.7. The Hall–Kier alpha value is -5.10. The molecule has 5 rings (SSSR count). The van der Waals surface area contributed by atoms with Gasteiger partial charge in [0.2, 0.25) is 5.78 Å². The molecule has 5 aromatic rings. The van der Waals surface area contributed by atoms with Crippen molar-refractivity contribution in [2.45, 2.75) is 6.42 Å². The molecule has 1 amide bonds. The number of nitrogens with one attached hydrogen (secondary N) is 1. The molecule has 0 saturated carbocycles. The Morgan fingerprint density at radius 2 is 1.27 bits per heavy atom. The van der Waals surface area contributed by atoms with Gasteiger partial charge in [-0.05, 0) is 58.5 Å². The van der Waals surface area contributed by atoms with Crippen molar-refractivity contribution in [2.24, 2.45) is 0 Å². The molecule has 0 aliphatic rings. The highest BCUT2D eigenvalue weighted by atomic mass is 16.4. The second-order valence-corrected chi connectivity index (χ2v) is 8.55. The van der Waals surface area contributed by atoms with Crippen molar-refractivity contribution >= 4 is 34.1 Å². The number of aliphatic carboxylic acids is 1. The van der Waals surface area contributed by atoms with E-state index >= 15 is 0 Å². The SMILES string of the molecule is O=C(O)Cc1cnc(C(=O)c2ccc(NC(=O)c3ccc(-c4ccccc4)cc3)cc2)c2ccccc12. The maximum atomic E-state index is 13.2. The predicted octanol–water partition coefficient (Wildman–Crippen LogP) is 6.01. The second-order valence-electron chi connectivity index (χ2n) is 8.55. The molecular formula is C31H22N2O4. The van der Waals surface area contributed by atoms with Crippen LogP contribution in [0, 0.1) is 0 Å². The molecule has 0 aliphatic heterocycles. The van der Waals surface area contributed by atoms with Gasteiger partial charge in [0.15, 0.2) is 0 Å². The number of fused-ring (bicyclic) bond motifs is 1. The van der Waals surface area contributed by atoms with Crippen molar-refractivity contribution in [3.8, 4) is 11.1 Å². The van der Waals surface area contributed by atoms with Gasteiger partial charge in [-0.2, -0.15) is 0 Å². The van der Waals surface area contributed by atoms with Crippen LogP contribution in [0.4, 0.5) is 5.69 Å². The van der Waals surface area contributed by atoms with E-state index in [0.717, 1.165) is 11.1 Å². The van der Waals surface area contributed by atoms with Gasteiger partial charge in [-0.1, -0.05) is 66.7 Å². The lowest BCUT2D eigenvalue weighted by Gasteiger charge is -2.10. The Morgan fingerprint density at radius 1 is 0.676 bits per heavy atom. The first kappa shape index (κ1) is 23.6. The minimum Gasteiger partial charge on any atom is -0.481 e. The molecule has 0 unspecified atom stereocenters. The molecule has 6 heteroatoms. The van der Waals surface area contributed by atoms with E-state index in [1.807, 2.05) is 42.5 Å². The summed E-state index contributed by atoms with van der Waals surface area (Å²) in [4.78, 5) is 41.5. The first-order chi connectivity index (χ1) is 18.0. The minimum atomic E-state index is -0.962. The molecule has 0 radical (unpaired) electrons. The number of anilines is 1. The van der Waals surface area contributed by atoms with E-state index in [1.165, 1.54) is 6.20 Å². The molecule has 0 bridgehead atoms. The van der Waals surface area contributed by atoms with Gasteiger partial charge >= 0.3 is 5.97 Å². The fraction of sp³-hybridized carbons (Fsp3) is 0.0323. The largest absolute Gasteiger partial charge is 0.481 e. The van der Waals surface area contributed by atoms with E-state index in [9.17, 15) is 19.5 Å². The van der Waals surface area contributed by atoms with Gasteiger partial charge < -0.3 is 10.4 Å². The van der Waals surface area contributed by atoms with Gasteiger partial charge in [-0.25, -0.2) is 0 Å². The Labute approximate surface area is 213 Å². The van der Waals surface area contributed by atoms with Crippen LogP contribution in [0.15, 0.2) is 109 Å². The van der Waals surface area contributed by atoms with Crippen LogP contribution in [0.2, 0.25) is 0 Å². The lowest BCUT2D eigenvalue weighted by Crippen LogP contribution is -2.12. The zero-order valence-electron chi connectivity index (χ0n) is 19.7. The number of nitrogens with zero attached hydrogens (tertiary/aromatic N) is 1. The smallest absolute Gasteiger partial charge is 0.307 e. The third-order valence-electron chi connectivity index (χ3n) is 6.09. The monoisotopic (exact) mass is 486 g/mol. The van der Waals surface area contributed by atoms with E-state index in [-0.39, 0.29) is 23.8 Å². The number of ketones is 1. The summed E-state index contributed by atoms with van der Waals surface area (Å²) in [6, 6.07) is 31.1. The molecule has 1 heterocycles. The van der Waals surface area contributed by atoms with Crippen molar-refractivity contribution < 1.29 is 19.5 Å². The van der Waals surface area contributed by atoms with Crippen molar-refractivity contribution in [1.82, 2.24) is 4.98 Å². The Morgan fingerprint density at radius 3 is 1.95 bits per heavy atom. The van der Waals surface area contributed by atoms with Gasteiger partial charge in [-0.15, -0.1) is 0 Å². The second kappa shape index (κ2) is 10.3. The fourth-order valence-electron chi connectivity index (χ4n) is 4.23. The van der Waals surface area contributed by atoms with Crippen LogP contribution in [-0.2, 0) is 11.2 Å². The van der Waals surface area contributed by atoms with E-state index in [1.54, 1.807) is 60.7 Å². The number of pyridine rings is 1. The van der Waals surface area contributed by atoms with Crippen molar-refractivity contribution in [2.75, 3.05) is 5.32 Å². The van der Waals surface area contributed by atoms with Gasteiger partial charge in [0.25, 0.3) is 5.91 Å². The van der Waals surface area contributed by atoms with Crippen LogP contribution in [0.5, 0.6) is 0 Å². The number of benzene rings is 4. The number of carbonyl (C=O) groups is 3. The highest BCUT2D eigenvalue weighted by molar-refractivity contribution is 6.15. The summed E-state index contributed by atoms with van der Waals surface area (Å²) in [5.41, 5.74) is 4.40. The molecule has 2 N–H and O–H groups in total. The number of hydrogen-bond acceptors (Lipinski definition) is 4. The van der Waals surface area contributed by atoms with Crippen molar-refractivity contribution in [3.05, 3.63) is 132 Å². The van der Waals surface area contributed by atoms with Crippen LogP contribution in [0.3, 0.4) is 0 Å². The Kier molecular flexibility index (Phi) is 6.55. The predicted molar refractivity (Wildman–Crippen MR) is 143 cm³/mol. The summed E-state index contributed by atoms with van der Waals surface area (Å²) >= 11 is 0. The number of carboxylic acid groups (broad SMARTS) is 1. The van der Waals surface area contributed by atoms with Crippen LogP contribution < -0.4 is 5.32 Å². The quantitative estimate of drug-likeness (QED) is 0.275. The molecular weight excluding hydrogens is 464 g/mol. The van der Waals surface area contributed by atoms with Crippen molar-refractivity contribution in [1.29, 1.82) is 0 Å². The number of hydrogen-bond donors (Lipinski definition) is 2. The zero-order chi connectivity index (χ0) is 25.8. The summed E-state index contributed by atoms with van der Waals surface area (Å²) in [5, 5.41) is 13.3. The standard InChI is InChI=1S/C31H22N2O4/c34-28(35)18-24-19-32-29(27-9-5-4-8-26(24)27)30(36)22-14-16-25(17-15-22)33-31(37)23-12-10-21(11-13-23)20-6-2-1-3-7-20/h1-17,19H,18H2,(H,33,37)(H,34,35). The van der Waals surface area contributed by atoms with Gasteiger partial charge in [0.1, 0.15) is 5.69 Å². The summed E-state index contributed by atoms with van der Waals surface area (Å²) in [7, 11) is 0. The third kappa shape index (κ3) is 5.13. The molecule has 0 saturated heterocycles. The van der Waals surface area contributed by atoms with Gasteiger partial charge in [0, 0.05) is 28.4 Å². The van der Waals surface area contributed by atoms with E-state index in [4.69, 9.17) is 0 Å². The molecule has 1 aromatic heterocycles. The molecule has 37 heavy (non-hydrogen) atoms. The molecule has 0 aliphatic carbocycles. The number of carbonyl (C=O) groups excluding carboxylic acids is 2. The topological polar surface area (TPSA) is 96.4 Å². The molecule has 180 valence electrons. The molecule has 0 spiro atoms. The van der Waals surface area contributed by atoms with E-state index in [0.29, 0.717) is 33.2 Å². The number of amides is 1. The van der Waals surface area contributed by atoms with Crippen LogP contribution in [-0.4, -0.2) is 27.8 Å². The highest BCUT2D eigenvalue weighted by Gasteiger charge is 2.17. The van der Waals surface area contributed by atoms with E-state index in [2.05, 4.69) is 10.3 Å². The lowest BCUT2D eigenvalue weighted by molar-refractivity contribution is -0.136. The maximum Gasteiger partial charge on any atom is 0.307 e. The molecule has 0 atom stereocenters. The third-order valence-corrected chi connectivity index (χ3v) is 6.09. The van der Waals surface area contributed by atoms with Gasteiger partial charge in [-0.3, -0.25) is 19.4 Å². The first-order valence-corrected chi connectivity index (χ1v) is 11.7. The van der Waals surface area contributed by atoms with Crippen LogP contribution >= 0.6 is 0 Å². The van der Waals surface area contributed by atoms with E-state index < -0.39 is 5.97 Å².